The van der Waals surface area contributed by atoms with Crippen molar-refractivity contribution in [2.75, 3.05) is 27.7 Å². The van der Waals surface area contributed by atoms with Crippen LogP contribution in [0.1, 0.15) is 68.2 Å². The van der Waals surface area contributed by atoms with Crippen LogP contribution in [0.15, 0.2) is 12.3 Å². The van der Waals surface area contributed by atoms with Crippen molar-refractivity contribution in [3.63, 3.8) is 0 Å². The van der Waals surface area contributed by atoms with Crippen LogP contribution in [-0.2, 0) is 31.8 Å². The number of methoxy groups -OCH3 is 2. The van der Waals surface area contributed by atoms with Crippen molar-refractivity contribution in [3.8, 4) is 0 Å². The van der Waals surface area contributed by atoms with E-state index in [1.165, 1.54) is 49.7 Å². The number of nitrogens with zero attached hydrogens (tertiary/aromatic N) is 2. The molecule has 1 saturated heterocycles. The average molecular weight is 431 g/mol. The molecule has 3 fully saturated rings. The van der Waals surface area contributed by atoms with E-state index in [-0.39, 0.29) is 18.7 Å². The summed E-state index contributed by atoms with van der Waals surface area (Å²) in [5.41, 5.74) is 2.61. The Morgan fingerprint density at radius 2 is 1.84 bits per heavy atom. The summed E-state index contributed by atoms with van der Waals surface area (Å²) >= 11 is 0. The van der Waals surface area contributed by atoms with Crippen molar-refractivity contribution in [2.45, 2.75) is 82.8 Å². The minimum Gasteiger partial charge on any atom is -0.364 e. The minimum absolute atomic E-state index is 0.00267. The van der Waals surface area contributed by atoms with E-state index in [2.05, 4.69) is 13.0 Å². The van der Waals surface area contributed by atoms with Gasteiger partial charge in [-0.25, -0.2) is 0 Å². The number of ether oxygens (including phenoxy) is 3. The Labute approximate surface area is 186 Å². The van der Waals surface area contributed by atoms with Gasteiger partial charge >= 0.3 is 0 Å². The molecule has 1 aromatic heterocycles. The summed E-state index contributed by atoms with van der Waals surface area (Å²) in [6.07, 6.45) is 13.6. The number of amides is 1. The average Bonchev–Trinajstić information content (AvgIpc) is 3.68. The summed E-state index contributed by atoms with van der Waals surface area (Å²) in [6, 6.07) is 2.20. The van der Waals surface area contributed by atoms with E-state index in [0.717, 1.165) is 36.8 Å². The molecule has 0 radical (unpaired) electrons. The number of carbonyl (C=O) groups is 1. The van der Waals surface area contributed by atoms with Gasteiger partial charge in [-0.2, -0.15) is 0 Å². The fourth-order valence-electron chi connectivity index (χ4n) is 4.99. The van der Waals surface area contributed by atoms with Crippen molar-refractivity contribution in [2.24, 2.45) is 11.8 Å². The number of β-lactam (4-membered cyclic amide) rings is 1. The number of rotatable bonds is 14. The molecule has 1 aromatic rings. The van der Waals surface area contributed by atoms with Crippen LogP contribution in [0.5, 0.6) is 0 Å². The zero-order chi connectivity index (χ0) is 21.8. The Morgan fingerprint density at radius 1 is 1.10 bits per heavy atom. The third kappa shape index (κ3) is 5.29. The maximum absolute atomic E-state index is 13.3. The standard InChI is InChI=1S/C25H38N2O4/c1-18-15-26-22(13-21(18)6-4-5-19-7-8-19)14-25(31-17-30-3)23(12-11-20-9-10-20)27(16-29-2)24(25)28/h13,15,19-20,23H,4-12,14,16-17H2,1-3H3/t23-,25-/m0/s1. The summed E-state index contributed by atoms with van der Waals surface area (Å²) in [6.45, 7) is 2.54. The van der Waals surface area contributed by atoms with Crippen LogP contribution in [0.3, 0.4) is 0 Å². The van der Waals surface area contributed by atoms with Gasteiger partial charge in [-0.05, 0) is 61.6 Å². The van der Waals surface area contributed by atoms with Crippen LogP contribution in [0, 0.1) is 18.8 Å². The molecule has 1 amide bonds. The number of pyridine rings is 1. The van der Waals surface area contributed by atoms with Crippen molar-refractivity contribution in [3.05, 3.63) is 29.1 Å². The molecule has 1 aliphatic heterocycles. The Hall–Kier alpha value is -1.50. The van der Waals surface area contributed by atoms with Crippen LogP contribution in [0.2, 0.25) is 0 Å². The Balaban J connectivity index is 1.50. The van der Waals surface area contributed by atoms with Gasteiger partial charge in [0.25, 0.3) is 5.91 Å². The predicted octanol–water partition coefficient (Wildman–Crippen LogP) is 4.03. The minimum atomic E-state index is -0.906. The largest absolute Gasteiger partial charge is 0.364 e. The second kappa shape index (κ2) is 9.97. The molecule has 172 valence electrons. The fraction of sp³-hybridized carbons (Fsp3) is 0.760. The SMILES string of the molecule is COCO[C@]1(Cc2cc(CCCC3CC3)c(C)cn2)C(=O)N(COC)[C@H]1CCC1CC1. The summed E-state index contributed by atoms with van der Waals surface area (Å²) < 4.78 is 16.7. The molecule has 2 atom stereocenters. The molecule has 0 bridgehead atoms. The first-order valence-electron chi connectivity index (χ1n) is 11.9. The van der Waals surface area contributed by atoms with Crippen LogP contribution in [-0.4, -0.2) is 55.2 Å². The number of carbonyl (C=O) groups excluding carboxylic acids is 1. The number of aryl methyl sites for hydroxylation is 2. The first-order valence-corrected chi connectivity index (χ1v) is 11.9. The first-order chi connectivity index (χ1) is 15.1. The second-order valence-corrected chi connectivity index (χ2v) is 9.78. The highest BCUT2D eigenvalue weighted by Crippen LogP contribution is 2.43. The molecule has 0 aromatic carbocycles. The predicted molar refractivity (Wildman–Crippen MR) is 119 cm³/mol. The normalized spacial score (nSPS) is 25.7. The molecular weight excluding hydrogens is 392 g/mol. The third-order valence-corrected chi connectivity index (χ3v) is 7.26. The van der Waals surface area contributed by atoms with Crippen molar-refractivity contribution in [1.29, 1.82) is 0 Å². The monoisotopic (exact) mass is 430 g/mol. The van der Waals surface area contributed by atoms with Crippen molar-refractivity contribution < 1.29 is 19.0 Å². The quantitative estimate of drug-likeness (QED) is 0.329. The van der Waals surface area contributed by atoms with E-state index >= 15 is 0 Å². The molecule has 2 aliphatic carbocycles. The van der Waals surface area contributed by atoms with Gasteiger partial charge in [0.05, 0.1) is 6.04 Å². The van der Waals surface area contributed by atoms with Gasteiger partial charge in [0, 0.05) is 32.5 Å². The molecule has 6 heteroatoms. The highest BCUT2D eigenvalue weighted by molar-refractivity contribution is 5.93. The molecule has 31 heavy (non-hydrogen) atoms. The van der Waals surface area contributed by atoms with Crippen molar-refractivity contribution in [1.82, 2.24) is 9.88 Å². The molecular formula is C25H38N2O4. The summed E-state index contributed by atoms with van der Waals surface area (Å²) in [4.78, 5) is 19.8. The zero-order valence-corrected chi connectivity index (χ0v) is 19.4. The summed E-state index contributed by atoms with van der Waals surface area (Å²) in [5, 5.41) is 0. The second-order valence-electron chi connectivity index (χ2n) is 9.78. The molecule has 6 nitrogen and oxygen atoms in total. The first kappa shape index (κ1) is 22.7. The lowest BCUT2D eigenvalue weighted by atomic mass is 9.75. The van der Waals surface area contributed by atoms with Gasteiger partial charge in [-0.3, -0.25) is 9.78 Å². The van der Waals surface area contributed by atoms with E-state index in [4.69, 9.17) is 19.2 Å². The summed E-state index contributed by atoms with van der Waals surface area (Å²) in [5.74, 6) is 1.75. The lowest BCUT2D eigenvalue weighted by molar-refractivity contribution is -0.234. The molecule has 4 rings (SSSR count). The topological polar surface area (TPSA) is 60.9 Å². The van der Waals surface area contributed by atoms with E-state index in [0.29, 0.717) is 13.2 Å². The molecule has 2 heterocycles. The van der Waals surface area contributed by atoms with Crippen LogP contribution in [0.25, 0.3) is 0 Å². The van der Waals surface area contributed by atoms with Gasteiger partial charge in [-0.1, -0.05) is 32.1 Å². The zero-order valence-electron chi connectivity index (χ0n) is 19.4. The van der Waals surface area contributed by atoms with Crippen LogP contribution in [0.4, 0.5) is 0 Å². The Kier molecular flexibility index (Phi) is 7.29. The van der Waals surface area contributed by atoms with Gasteiger partial charge in [0.1, 0.15) is 13.5 Å². The van der Waals surface area contributed by atoms with E-state index < -0.39 is 5.60 Å². The maximum atomic E-state index is 13.3. The number of hydrogen-bond acceptors (Lipinski definition) is 5. The Morgan fingerprint density at radius 3 is 2.52 bits per heavy atom. The van der Waals surface area contributed by atoms with Gasteiger partial charge < -0.3 is 19.1 Å². The van der Waals surface area contributed by atoms with Crippen LogP contribution < -0.4 is 0 Å². The van der Waals surface area contributed by atoms with Gasteiger partial charge in [0.15, 0.2) is 5.60 Å². The van der Waals surface area contributed by atoms with Crippen LogP contribution >= 0.6 is 0 Å². The highest BCUT2D eigenvalue weighted by atomic mass is 16.7. The van der Waals surface area contributed by atoms with E-state index in [1.807, 2.05) is 11.1 Å². The maximum Gasteiger partial charge on any atom is 0.259 e. The van der Waals surface area contributed by atoms with Crippen molar-refractivity contribution >= 4 is 5.91 Å². The molecule has 2 saturated carbocycles. The highest BCUT2D eigenvalue weighted by Gasteiger charge is 2.61. The molecule has 0 unspecified atom stereocenters. The van der Waals surface area contributed by atoms with E-state index in [9.17, 15) is 4.79 Å². The molecule has 0 spiro atoms. The summed E-state index contributed by atoms with van der Waals surface area (Å²) in [7, 11) is 3.24. The Bertz CT molecular complexity index is 762. The smallest absolute Gasteiger partial charge is 0.259 e. The van der Waals surface area contributed by atoms with E-state index in [1.54, 1.807) is 14.2 Å². The molecule has 3 aliphatic rings. The fourth-order valence-corrected chi connectivity index (χ4v) is 4.99. The lowest BCUT2D eigenvalue weighted by Crippen LogP contribution is -2.76. The molecule has 0 N–H and O–H groups in total. The van der Waals surface area contributed by atoms with Gasteiger partial charge in [0.2, 0.25) is 0 Å². The lowest BCUT2D eigenvalue weighted by Gasteiger charge is -2.55. The third-order valence-electron chi connectivity index (χ3n) is 7.26. The number of likely N-dealkylation sites (tertiary alicyclic amines) is 1. The number of aromatic nitrogens is 1. The van der Waals surface area contributed by atoms with Gasteiger partial charge in [-0.15, -0.1) is 0 Å². The number of hydrogen-bond donors (Lipinski definition) is 0.